The zero-order valence-electron chi connectivity index (χ0n) is 28.6. The third-order valence-corrected chi connectivity index (χ3v) is 10.5. The number of rotatable bonds is 11. The van der Waals surface area contributed by atoms with Gasteiger partial charge in [-0.2, -0.15) is 40.6 Å². The minimum atomic E-state index is -5.17. The number of hydrogen-bond acceptors (Lipinski definition) is 13. The van der Waals surface area contributed by atoms with Crippen LogP contribution in [0.4, 0.5) is 28.4 Å². The first kappa shape index (κ1) is 39.9. The molecule has 0 unspecified atom stereocenters. The zero-order valence-corrected chi connectivity index (χ0v) is 31.1. The second kappa shape index (κ2) is 15.8. The summed E-state index contributed by atoms with van der Waals surface area (Å²) in [6, 6.07) is 26.0. The number of anilines is 3. The maximum atomic E-state index is 13.3. The Morgan fingerprint density at radius 1 is 0.561 bits per heavy atom. The molecular weight excluding hydrogens is 805 g/mol. The Balaban J connectivity index is 1.21. The molecule has 1 aliphatic carbocycles. The summed E-state index contributed by atoms with van der Waals surface area (Å²) in [4.78, 5) is 37.1. The van der Waals surface area contributed by atoms with Crippen LogP contribution in [0.25, 0.3) is 0 Å². The van der Waals surface area contributed by atoms with Gasteiger partial charge in [0.2, 0.25) is 0 Å². The van der Waals surface area contributed by atoms with Crippen molar-refractivity contribution in [2.75, 3.05) is 16.1 Å². The van der Waals surface area contributed by atoms with E-state index in [9.17, 15) is 48.7 Å². The molecule has 0 atom stereocenters. The molecule has 290 valence electrons. The lowest BCUT2D eigenvalue weighted by Gasteiger charge is -2.21. The quantitative estimate of drug-likeness (QED) is 0.0515. The van der Waals surface area contributed by atoms with Crippen LogP contribution in [0.2, 0.25) is 0 Å². The fraction of sp³-hybridized carbons (Fsp3) is 0. The van der Waals surface area contributed by atoms with Gasteiger partial charge in [0.05, 0.1) is 38.1 Å². The number of ketones is 1. The largest absolute Gasteiger partial charge is 0.322 e. The summed E-state index contributed by atoms with van der Waals surface area (Å²) >= 11 is 0. The fourth-order valence-electron chi connectivity index (χ4n) is 5.24. The number of amides is 2. The number of carbonyl (C=O) groups excluding carboxylic acids is 3. The Labute approximate surface area is 323 Å². The smallest absolute Gasteiger partial charge is 0.296 e. The van der Waals surface area contributed by atoms with E-state index in [4.69, 9.17) is 4.55 Å². The minimum absolute atomic E-state index is 0.123. The van der Waals surface area contributed by atoms with Crippen molar-refractivity contribution in [1.82, 2.24) is 0 Å². The molecule has 0 bridgehead atoms. The van der Waals surface area contributed by atoms with Crippen LogP contribution in [-0.2, 0) is 30.4 Å². The van der Waals surface area contributed by atoms with E-state index in [1.54, 1.807) is 42.5 Å². The summed E-state index contributed by atoms with van der Waals surface area (Å²) in [6.07, 6.45) is 0.542. The van der Waals surface area contributed by atoms with E-state index >= 15 is 0 Å². The average Bonchev–Trinajstić information content (AvgIpc) is 3.16. The molecule has 0 spiro atoms. The van der Waals surface area contributed by atoms with Gasteiger partial charge in [0.15, 0.2) is 5.78 Å². The minimum Gasteiger partial charge on any atom is -0.322 e. The number of benzene rings is 5. The molecule has 2 amide bonds. The van der Waals surface area contributed by atoms with Crippen molar-refractivity contribution < 1.29 is 53.3 Å². The van der Waals surface area contributed by atoms with E-state index in [0.29, 0.717) is 23.1 Å². The Morgan fingerprint density at radius 2 is 1.09 bits per heavy atom. The van der Waals surface area contributed by atoms with Gasteiger partial charge in [0.1, 0.15) is 10.6 Å². The van der Waals surface area contributed by atoms with Crippen LogP contribution in [0.1, 0.15) is 36.6 Å². The Morgan fingerprint density at radius 3 is 1.65 bits per heavy atom. The molecule has 0 radical (unpaired) electrons. The van der Waals surface area contributed by atoms with E-state index in [1.807, 2.05) is 0 Å². The number of hydrogen-bond donors (Lipinski definition) is 6. The van der Waals surface area contributed by atoms with Crippen LogP contribution in [0.3, 0.4) is 0 Å². The molecule has 18 nitrogen and oxygen atoms in total. The van der Waals surface area contributed by atoms with Crippen LogP contribution in [0, 0.1) is 0 Å². The van der Waals surface area contributed by atoms with E-state index in [1.165, 1.54) is 60.7 Å². The highest BCUT2D eigenvalue weighted by molar-refractivity contribution is 7.91. The third-order valence-electron chi connectivity index (χ3n) is 7.95. The number of nitrogens with one attached hydrogen (secondary N) is 3. The molecule has 6 rings (SSSR count). The van der Waals surface area contributed by atoms with Crippen molar-refractivity contribution in [3.63, 3.8) is 0 Å². The number of azo groups is 1. The molecule has 21 heteroatoms. The van der Waals surface area contributed by atoms with Crippen LogP contribution in [0.5, 0.6) is 0 Å². The van der Waals surface area contributed by atoms with Crippen LogP contribution < -0.4 is 16.1 Å². The van der Waals surface area contributed by atoms with E-state index in [-0.39, 0.29) is 21.7 Å². The molecule has 6 N–H and O–H groups in total. The van der Waals surface area contributed by atoms with Crippen molar-refractivity contribution in [3.05, 3.63) is 148 Å². The van der Waals surface area contributed by atoms with Gasteiger partial charge in [-0.25, -0.2) is 0 Å². The maximum absolute atomic E-state index is 13.3. The molecule has 0 aliphatic heterocycles. The summed E-state index contributed by atoms with van der Waals surface area (Å²) in [6.45, 7) is 0. The highest BCUT2D eigenvalue weighted by atomic mass is 32.2. The fourth-order valence-corrected chi connectivity index (χ4v) is 6.90. The van der Waals surface area contributed by atoms with Crippen LogP contribution >= 0.6 is 0 Å². The van der Waals surface area contributed by atoms with Crippen molar-refractivity contribution in [1.29, 1.82) is 0 Å². The molecule has 0 saturated carbocycles. The average molecular weight is 831 g/mol. The number of carbonyl (C=O) groups is 3. The molecule has 0 aromatic heterocycles. The van der Waals surface area contributed by atoms with E-state index in [0.717, 1.165) is 12.1 Å². The second-order valence-corrected chi connectivity index (χ2v) is 16.1. The highest BCUT2D eigenvalue weighted by Gasteiger charge is 2.35. The molecule has 5 aromatic rings. The molecule has 0 heterocycles. The summed E-state index contributed by atoms with van der Waals surface area (Å²) in [7, 11) is -14.5. The summed E-state index contributed by atoms with van der Waals surface area (Å²) < 4.78 is 101. The molecule has 1 aliphatic rings. The lowest BCUT2D eigenvalue weighted by atomic mass is 9.92. The predicted octanol–water partition coefficient (Wildman–Crippen LogP) is 5.88. The van der Waals surface area contributed by atoms with E-state index in [2.05, 4.69) is 31.4 Å². The summed E-state index contributed by atoms with van der Waals surface area (Å²) in [5, 5.41) is 17.2. The molecule has 5 aromatic carbocycles. The maximum Gasteiger partial charge on any atom is 0.296 e. The second-order valence-electron chi connectivity index (χ2n) is 11.9. The van der Waals surface area contributed by atoms with Crippen LogP contribution in [-0.4, -0.2) is 62.2 Å². The number of fused-ring (bicyclic) bond motifs is 1. The molecule has 57 heavy (non-hydrogen) atoms. The number of allylic oxidation sites excluding steroid dienone is 2. The van der Waals surface area contributed by atoms with Gasteiger partial charge in [-0.15, -0.1) is 0 Å². The lowest BCUT2D eigenvalue weighted by molar-refractivity contribution is 0.101. The van der Waals surface area contributed by atoms with Gasteiger partial charge >= 0.3 is 0 Å². The van der Waals surface area contributed by atoms with Crippen LogP contribution in [0.15, 0.2) is 151 Å². The first-order valence-electron chi connectivity index (χ1n) is 16.0. The van der Waals surface area contributed by atoms with Crippen molar-refractivity contribution in [3.8, 4) is 0 Å². The lowest BCUT2D eigenvalue weighted by Crippen LogP contribution is -2.26. The Kier molecular flexibility index (Phi) is 11.1. The first-order valence-corrected chi connectivity index (χ1v) is 20.3. The SMILES string of the molecule is O=C(Nc1ccc(N=Nc2ccc(S(=O)(=O)O)cc2)cc1)c1ccc(NN=C2C(S(=O)(=O)O)=CC(=O)c3c(NC(=O)c4ccccc4)cc(S(=O)(=O)O)cc32)cc1. The first-order chi connectivity index (χ1) is 26.9. The number of hydrazone groups is 1. The zero-order chi connectivity index (χ0) is 41.1. The van der Waals surface area contributed by atoms with Gasteiger partial charge in [-0.3, -0.25) is 33.5 Å². The predicted molar refractivity (Wildman–Crippen MR) is 206 cm³/mol. The monoisotopic (exact) mass is 830 g/mol. The Bertz CT molecular complexity index is 2860. The molecule has 0 fully saturated rings. The van der Waals surface area contributed by atoms with Gasteiger partial charge in [0.25, 0.3) is 42.2 Å². The van der Waals surface area contributed by atoms with E-state index < -0.39 is 80.3 Å². The standard InChI is InChI=1S/C36H26N6O12S3/c43-31-20-32(57(52,53)54)34(29-18-28(56(49,50)51)19-30(33(29)31)38-36(45)21-4-2-1-3-5-21)42-41-24-8-6-22(7-9-24)35(44)37-23-10-12-25(13-11-23)39-40-26-14-16-27(17-15-26)55(46,47)48/h1-20,41H,(H,37,44)(H,38,45)(H,46,47,48)(H,49,50,51)(H,52,53,54). The van der Waals surface area contributed by atoms with Gasteiger partial charge < -0.3 is 10.6 Å². The highest BCUT2D eigenvalue weighted by Crippen LogP contribution is 2.34. The molecular formula is C36H26N6O12S3. The number of nitrogens with zero attached hydrogens (tertiary/aromatic N) is 3. The Hall–Kier alpha value is -6.75. The van der Waals surface area contributed by atoms with Crippen molar-refractivity contribution in [2.24, 2.45) is 15.3 Å². The summed E-state index contributed by atoms with van der Waals surface area (Å²) in [5.74, 6) is -2.34. The van der Waals surface area contributed by atoms with Crippen molar-refractivity contribution >= 4 is 82.1 Å². The third kappa shape index (κ3) is 9.56. The normalized spacial score (nSPS) is 13.8. The van der Waals surface area contributed by atoms with Crippen molar-refractivity contribution in [2.45, 2.75) is 9.79 Å². The summed E-state index contributed by atoms with van der Waals surface area (Å²) in [5.41, 5.74) is 2.21. The van der Waals surface area contributed by atoms with Gasteiger partial charge in [-0.05, 0) is 97.1 Å². The van der Waals surface area contributed by atoms with Gasteiger partial charge in [-0.1, -0.05) is 18.2 Å². The van der Waals surface area contributed by atoms with Gasteiger partial charge in [0, 0.05) is 28.5 Å². The molecule has 0 saturated heterocycles. The topological polar surface area (TPSA) is 287 Å².